The quantitative estimate of drug-likeness (QED) is 0.0757. The molecule has 1 aliphatic heterocycles. The summed E-state index contributed by atoms with van der Waals surface area (Å²) in [5.74, 6) is -2.42. The Balaban J connectivity index is 2.33. The van der Waals surface area contributed by atoms with E-state index in [1.165, 1.54) is 24.1 Å². The molecule has 1 fully saturated rings. The second-order valence-electron chi connectivity index (χ2n) is 9.43. The molecule has 4 N–H and O–H groups in total. The van der Waals surface area contributed by atoms with Gasteiger partial charge in [-0.1, -0.05) is 38.7 Å². The van der Waals surface area contributed by atoms with Gasteiger partial charge in [-0.3, -0.25) is 24.0 Å². The summed E-state index contributed by atoms with van der Waals surface area (Å²) in [7, 11) is 1.46. The second-order valence-corrected chi connectivity index (χ2v) is 10.7. The van der Waals surface area contributed by atoms with Crippen LogP contribution in [0.1, 0.15) is 45.4 Å². The summed E-state index contributed by atoms with van der Waals surface area (Å²) in [5, 5.41) is 17.3. The average molecular weight is 581 g/mol. The predicted octanol–water partition coefficient (Wildman–Crippen LogP) is 1.14. The number of aliphatic carboxylic acids is 1. The highest BCUT2D eigenvalue weighted by molar-refractivity contribution is 8.00. The molecule has 1 rings (SSSR count). The van der Waals surface area contributed by atoms with Crippen LogP contribution in [0.15, 0.2) is 37.1 Å². The van der Waals surface area contributed by atoms with Gasteiger partial charge in [-0.2, -0.15) is 11.8 Å². The molecule has 0 saturated carbocycles. The molecule has 12 nitrogen and oxygen atoms in total. The Bertz CT molecular complexity index is 970. The third-order valence-electron chi connectivity index (χ3n) is 6.27. The van der Waals surface area contributed by atoms with Crippen molar-refractivity contribution in [3.8, 4) is 0 Å². The molecular formula is C27H40N4O8S. The second kappa shape index (κ2) is 18.6. The first-order valence-corrected chi connectivity index (χ1v) is 14.0. The fourth-order valence-electron chi connectivity index (χ4n) is 3.88. The van der Waals surface area contributed by atoms with Crippen molar-refractivity contribution < 1.29 is 38.6 Å². The van der Waals surface area contributed by atoms with Crippen LogP contribution in [-0.2, 0) is 33.5 Å². The van der Waals surface area contributed by atoms with Crippen LogP contribution in [0, 0.1) is 5.92 Å². The minimum Gasteiger partial charge on any atom is -0.480 e. The summed E-state index contributed by atoms with van der Waals surface area (Å²) in [4.78, 5) is 71.9. The van der Waals surface area contributed by atoms with Gasteiger partial charge < -0.3 is 30.7 Å². The van der Waals surface area contributed by atoms with Crippen molar-refractivity contribution in [1.82, 2.24) is 20.9 Å². The van der Waals surface area contributed by atoms with Crippen LogP contribution in [0.5, 0.6) is 0 Å². The lowest BCUT2D eigenvalue weighted by molar-refractivity contribution is -0.153. The molecule has 1 aliphatic rings. The van der Waals surface area contributed by atoms with Gasteiger partial charge in [-0.15, -0.1) is 0 Å². The molecule has 13 heteroatoms. The van der Waals surface area contributed by atoms with Gasteiger partial charge in [0.25, 0.3) is 0 Å². The number of carbonyl (C=O) groups is 6. The van der Waals surface area contributed by atoms with E-state index >= 15 is 0 Å². The number of carboxylic acids is 1. The first-order valence-electron chi connectivity index (χ1n) is 13.0. The molecule has 0 bridgehead atoms. The predicted molar refractivity (Wildman–Crippen MR) is 151 cm³/mol. The van der Waals surface area contributed by atoms with Crippen LogP contribution >= 0.6 is 11.8 Å². The first kappa shape index (κ1) is 34.4. The number of likely N-dealkylation sites (N-methyl/N-ethyl adjacent to an activating group) is 1. The smallest absolute Gasteiger partial charge is 0.329 e. The zero-order valence-electron chi connectivity index (χ0n) is 23.1. The lowest BCUT2D eigenvalue weighted by atomic mass is 9.96. The molecule has 0 spiro atoms. The number of thioether (sulfide) groups is 1. The Kier molecular flexibility index (Phi) is 16.0. The van der Waals surface area contributed by atoms with Gasteiger partial charge in [0.2, 0.25) is 24.1 Å². The molecule has 0 radical (unpaired) electrons. The highest BCUT2D eigenvalue weighted by atomic mass is 32.2. The number of amides is 4. The molecule has 222 valence electrons. The lowest BCUT2D eigenvalue weighted by Gasteiger charge is -2.20. The number of hydrogen-bond acceptors (Lipinski definition) is 8. The highest BCUT2D eigenvalue weighted by Gasteiger charge is 2.32. The summed E-state index contributed by atoms with van der Waals surface area (Å²) in [5.41, 5.74) is 0.310. The van der Waals surface area contributed by atoms with Gasteiger partial charge in [0.15, 0.2) is 6.04 Å². The van der Waals surface area contributed by atoms with Crippen molar-refractivity contribution >= 4 is 47.8 Å². The fraction of sp³-hybridized carbons (Fsp3) is 0.556. The van der Waals surface area contributed by atoms with Crippen molar-refractivity contribution in [2.45, 2.75) is 62.8 Å². The van der Waals surface area contributed by atoms with Crippen LogP contribution in [0.25, 0.3) is 0 Å². The summed E-state index contributed by atoms with van der Waals surface area (Å²) in [6.45, 7) is 8.23. The van der Waals surface area contributed by atoms with Crippen LogP contribution in [-0.4, -0.2) is 89.4 Å². The van der Waals surface area contributed by atoms with Crippen molar-refractivity contribution in [1.29, 1.82) is 0 Å². The minimum atomic E-state index is -1.51. The van der Waals surface area contributed by atoms with E-state index in [0.717, 1.165) is 25.0 Å². The van der Waals surface area contributed by atoms with Crippen molar-refractivity contribution in [2.24, 2.45) is 5.92 Å². The van der Waals surface area contributed by atoms with Gasteiger partial charge in [-0.25, -0.2) is 4.79 Å². The zero-order chi connectivity index (χ0) is 30.1. The number of carbonyl (C=O) groups excluding carboxylic acids is 5. The number of nitrogens with zero attached hydrogens (tertiary/aromatic N) is 1. The van der Waals surface area contributed by atoms with E-state index < -0.39 is 36.4 Å². The molecule has 0 aromatic rings. The number of allylic oxidation sites excluding steroid dienone is 3. The summed E-state index contributed by atoms with van der Waals surface area (Å²) in [6.07, 6.45) is 7.51. The number of hydrogen-bond donors (Lipinski definition) is 4. The molecule has 4 unspecified atom stereocenters. The maximum atomic E-state index is 12.4. The topological polar surface area (TPSA) is 171 Å². The van der Waals surface area contributed by atoms with E-state index in [-0.39, 0.29) is 37.8 Å². The Labute approximate surface area is 239 Å². The summed E-state index contributed by atoms with van der Waals surface area (Å²) in [6, 6.07) is -1.34. The number of unbranched alkanes of at least 4 members (excludes halogenated alkanes) is 1. The SMILES string of the molecule is C=C/C=C\C(=C)NC(=O)CCC(=O)NC(COC(=O)CN(C)C(=O)CCCCC1SCC(NC=O)C1C)C(=O)O. The van der Waals surface area contributed by atoms with Gasteiger partial charge in [0.05, 0.1) is 0 Å². The number of nitrogens with one attached hydrogen (secondary N) is 3. The third-order valence-corrected chi connectivity index (χ3v) is 7.92. The number of carboxylic acid groups (broad SMARTS) is 1. The molecule has 40 heavy (non-hydrogen) atoms. The van der Waals surface area contributed by atoms with Crippen molar-refractivity contribution in [2.75, 3.05) is 26.0 Å². The van der Waals surface area contributed by atoms with E-state index in [0.29, 0.717) is 23.3 Å². The highest BCUT2D eigenvalue weighted by Crippen LogP contribution is 2.35. The van der Waals surface area contributed by atoms with Crippen LogP contribution < -0.4 is 16.0 Å². The standard InChI is InChI=1S/C27H40N4O8S/c1-5-6-9-18(2)29-23(33)12-13-24(34)30-20(27(37)38)15-39-26(36)14-31(4)25(35)11-8-7-10-22-19(3)21(16-40-22)28-17-32/h5-6,9,17,19-22H,1-2,7-8,10-16H2,3-4H3,(H,28,32)(H,29,33)(H,30,34)(H,37,38)/b9-6-. The van der Waals surface area contributed by atoms with E-state index in [9.17, 15) is 33.9 Å². The third kappa shape index (κ3) is 13.5. The van der Waals surface area contributed by atoms with Crippen LogP contribution in [0.3, 0.4) is 0 Å². The summed E-state index contributed by atoms with van der Waals surface area (Å²) < 4.78 is 4.97. The molecule has 0 aliphatic carbocycles. The Hall–Kier alpha value is -3.61. The van der Waals surface area contributed by atoms with Crippen molar-refractivity contribution in [3.05, 3.63) is 37.1 Å². The van der Waals surface area contributed by atoms with Crippen LogP contribution in [0.4, 0.5) is 0 Å². The molecule has 1 saturated heterocycles. The lowest BCUT2D eigenvalue weighted by Crippen LogP contribution is -2.45. The van der Waals surface area contributed by atoms with E-state index in [1.54, 1.807) is 6.08 Å². The Morgan fingerprint density at radius 1 is 1.15 bits per heavy atom. The van der Waals surface area contributed by atoms with Gasteiger partial charge in [0.1, 0.15) is 13.2 Å². The average Bonchev–Trinajstić information content (AvgIpc) is 3.25. The maximum Gasteiger partial charge on any atom is 0.329 e. The van der Waals surface area contributed by atoms with Crippen molar-refractivity contribution in [3.63, 3.8) is 0 Å². The van der Waals surface area contributed by atoms with Gasteiger partial charge in [0, 0.05) is 49.1 Å². The Morgan fingerprint density at radius 2 is 1.85 bits per heavy atom. The number of rotatable bonds is 19. The van der Waals surface area contributed by atoms with E-state index in [1.807, 2.05) is 11.8 Å². The molecule has 0 aromatic heterocycles. The van der Waals surface area contributed by atoms with E-state index in [4.69, 9.17) is 4.74 Å². The molecule has 1 heterocycles. The molecule has 0 aromatic carbocycles. The molecular weight excluding hydrogens is 540 g/mol. The normalized spacial score (nSPS) is 18.8. The zero-order valence-corrected chi connectivity index (χ0v) is 23.9. The van der Waals surface area contributed by atoms with Gasteiger partial charge in [-0.05, 0) is 24.8 Å². The first-order chi connectivity index (χ1) is 19.0. The molecule has 4 amide bonds. The minimum absolute atomic E-state index is 0.169. The van der Waals surface area contributed by atoms with Crippen LogP contribution in [0.2, 0.25) is 0 Å². The van der Waals surface area contributed by atoms with Gasteiger partial charge >= 0.3 is 11.9 Å². The Morgan fingerprint density at radius 3 is 2.50 bits per heavy atom. The largest absolute Gasteiger partial charge is 0.480 e. The molecule has 4 atom stereocenters. The summed E-state index contributed by atoms with van der Waals surface area (Å²) >= 11 is 1.82. The number of ether oxygens (including phenoxy) is 1. The maximum absolute atomic E-state index is 12.4. The monoisotopic (exact) mass is 580 g/mol. The number of esters is 1. The van der Waals surface area contributed by atoms with E-state index in [2.05, 4.69) is 36.0 Å². The fourth-order valence-corrected chi connectivity index (χ4v) is 5.56.